The molecule has 6 nitrogen and oxygen atoms in total. The maximum Gasteiger partial charge on any atom is 0.240 e. The standard InChI is InChI=1S/C18H26N4O2/c23-17(21-9-7-15-6-1-2-8-19-15)12-16-18(24)22(11-10-20-16)13-14-4-3-5-14/h1-2,6,8,14,16,20H,3-5,7,9-13H2,(H,21,23). The number of carbonyl (C=O) groups excluding carboxylic acids is 2. The fourth-order valence-electron chi connectivity index (χ4n) is 3.25. The van der Waals surface area contributed by atoms with Crippen molar-refractivity contribution in [2.75, 3.05) is 26.2 Å². The largest absolute Gasteiger partial charge is 0.356 e. The van der Waals surface area contributed by atoms with Crippen LogP contribution >= 0.6 is 0 Å². The van der Waals surface area contributed by atoms with E-state index in [-0.39, 0.29) is 24.3 Å². The summed E-state index contributed by atoms with van der Waals surface area (Å²) >= 11 is 0. The third kappa shape index (κ3) is 4.54. The van der Waals surface area contributed by atoms with Gasteiger partial charge in [0.05, 0.1) is 12.5 Å². The van der Waals surface area contributed by atoms with Crippen molar-refractivity contribution in [2.45, 2.75) is 38.1 Å². The summed E-state index contributed by atoms with van der Waals surface area (Å²) in [6.07, 6.45) is 6.41. The first-order valence-corrected chi connectivity index (χ1v) is 8.91. The number of nitrogens with zero attached hydrogens (tertiary/aromatic N) is 2. The van der Waals surface area contributed by atoms with Crippen LogP contribution in [0.5, 0.6) is 0 Å². The van der Waals surface area contributed by atoms with Crippen molar-refractivity contribution < 1.29 is 9.59 Å². The van der Waals surface area contributed by atoms with Gasteiger partial charge in [-0.1, -0.05) is 12.5 Å². The fraction of sp³-hybridized carbons (Fsp3) is 0.611. The Balaban J connectivity index is 1.40. The van der Waals surface area contributed by atoms with Crippen molar-refractivity contribution in [1.29, 1.82) is 0 Å². The lowest BCUT2D eigenvalue weighted by atomic mass is 9.85. The first kappa shape index (κ1) is 16.9. The van der Waals surface area contributed by atoms with E-state index >= 15 is 0 Å². The maximum atomic E-state index is 12.5. The Labute approximate surface area is 143 Å². The van der Waals surface area contributed by atoms with E-state index in [1.165, 1.54) is 19.3 Å². The highest BCUT2D eigenvalue weighted by molar-refractivity contribution is 5.88. The zero-order chi connectivity index (χ0) is 16.8. The van der Waals surface area contributed by atoms with Gasteiger partial charge in [0.1, 0.15) is 0 Å². The van der Waals surface area contributed by atoms with Crippen molar-refractivity contribution in [2.24, 2.45) is 5.92 Å². The van der Waals surface area contributed by atoms with Crippen LogP contribution in [0.25, 0.3) is 0 Å². The molecule has 1 atom stereocenters. The molecule has 0 spiro atoms. The lowest BCUT2D eigenvalue weighted by Crippen LogP contribution is -2.57. The van der Waals surface area contributed by atoms with Crippen LogP contribution in [-0.2, 0) is 16.0 Å². The molecule has 1 saturated carbocycles. The molecule has 2 amide bonds. The average Bonchev–Trinajstić information content (AvgIpc) is 2.55. The minimum atomic E-state index is -0.381. The molecule has 1 unspecified atom stereocenters. The van der Waals surface area contributed by atoms with Gasteiger partial charge in [0.2, 0.25) is 11.8 Å². The number of rotatable bonds is 7. The van der Waals surface area contributed by atoms with Crippen molar-refractivity contribution in [1.82, 2.24) is 20.5 Å². The van der Waals surface area contributed by atoms with Crippen molar-refractivity contribution in [3.8, 4) is 0 Å². The van der Waals surface area contributed by atoms with Crippen LogP contribution in [0.1, 0.15) is 31.4 Å². The smallest absolute Gasteiger partial charge is 0.240 e. The highest BCUT2D eigenvalue weighted by atomic mass is 16.2. The number of amides is 2. The molecule has 2 fully saturated rings. The second-order valence-electron chi connectivity index (χ2n) is 6.71. The van der Waals surface area contributed by atoms with Gasteiger partial charge in [-0.15, -0.1) is 0 Å². The summed E-state index contributed by atoms with van der Waals surface area (Å²) in [6, 6.07) is 5.37. The van der Waals surface area contributed by atoms with Crippen LogP contribution in [0.4, 0.5) is 0 Å². The van der Waals surface area contributed by atoms with Gasteiger partial charge >= 0.3 is 0 Å². The Bertz CT molecular complexity index is 559. The number of aromatic nitrogens is 1. The minimum absolute atomic E-state index is 0.0769. The molecule has 0 bridgehead atoms. The number of pyridine rings is 1. The van der Waals surface area contributed by atoms with Gasteiger partial charge < -0.3 is 15.5 Å². The van der Waals surface area contributed by atoms with E-state index in [4.69, 9.17) is 0 Å². The van der Waals surface area contributed by atoms with Crippen molar-refractivity contribution in [3.63, 3.8) is 0 Å². The lowest BCUT2D eigenvalue weighted by molar-refractivity contribution is -0.139. The minimum Gasteiger partial charge on any atom is -0.356 e. The van der Waals surface area contributed by atoms with Gasteiger partial charge in [0, 0.05) is 44.5 Å². The van der Waals surface area contributed by atoms with Gasteiger partial charge in [-0.3, -0.25) is 14.6 Å². The molecule has 3 rings (SSSR count). The third-order valence-electron chi connectivity index (χ3n) is 4.90. The SMILES string of the molecule is O=C(CC1NCCN(CC2CCC2)C1=O)NCCc1ccccn1. The number of hydrogen-bond donors (Lipinski definition) is 2. The summed E-state index contributed by atoms with van der Waals surface area (Å²) in [5.74, 6) is 0.662. The van der Waals surface area contributed by atoms with Crippen LogP contribution in [0.3, 0.4) is 0 Å². The fourth-order valence-corrected chi connectivity index (χ4v) is 3.25. The Morgan fingerprint density at radius 3 is 2.96 bits per heavy atom. The normalized spacial score (nSPS) is 21.4. The molecule has 2 N–H and O–H groups in total. The van der Waals surface area contributed by atoms with Gasteiger partial charge in [0.25, 0.3) is 0 Å². The van der Waals surface area contributed by atoms with E-state index < -0.39 is 0 Å². The Morgan fingerprint density at radius 2 is 2.25 bits per heavy atom. The van der Waals surface area contributed by atoms with Crippen molar-refractivity contribution in [3.05, 3.63) is 30.1 Å². The van der Waals surface area contributed by atoms with E-state index in [1.807, 2.05) is 23.1 Å². The topological polar surface area (TPSA) is 74.3 Å². The predicted molar refractivity (Wildman–Crippen MR) is 91.3 cm³/mol. The van der Waals surface area contributed by atoms with Crippen molar-refractivity contribution >= 4 is 11.8 Å². The van der Waals surface area contributed by atoms with E-state index in [0.29, 0.717) is 18.9 Å². The van der Waals surface area contributed by atoms with Crippen LogP contribution < -0.4 is 10.6 Å². The van der Waals surface area contributed by atoms with Crippen LogP contribution in [0, 0.1) is 5.92 Å². The molecule has 2 aliphatic rings. The van der Waals surface area contributed by atoms with E-state index in [1.54, 1.807) is 6.20 Å². The zero-order valence-corrected chi connectivity index (χ0v) is 14.0. The highest BCUT2D eigenvalue weighted by Gasteiger charge is 2.32. The average molecular weight is 330 g/mol. The first-order chi connectivity index (χ1) is 11.7. The Kier molecular flexibility index (Phi) is 5.80. The third-order valence-corrected chi connectivity index (χ3v) is 4.90. The molecule has 1 aliphatic carbocycles. The quantitative estimate of drug-likeness (QED) is 0.773. The molecule has 1 saturated heterocycles. The summed E-state index contributed by atoms with van der Waals surface area (Å²) < 4.78 is 0. The number of piperazine rings is 1. The zero-order valence-electron chi connectivity index (χ0n) is 14.0. The molecule has 2 heterocycles. The number of nitrogens with one attached hydrogen (secondary N) is 2. The second-order valence-corrected chi connectivity index (χ2v) is 6.71. The molecule has 0 aromatic carbocycles. The molecule has 130 valence electrons. The molecule has 1 aromatic heterocycles. The molecule has 0 radical (unpaired) electrons. The predicted octanol–water partition coefficient (Wildman–Crippen LogP) is 0.731. The molecule has 1 aromatic rings. The second kappa shape index (κ2) is 8.24. The molecule has 1 aliphatic heterocycles. The highest BCUT2D eigenvalue weighted by Crippen LogP contribution is 2.27. The van der Waals surface area contributed by atoms with Crippen LogP contribution in [-0.4, -0.2) is 53.9 Å². The van der Waals surface area contributed by atoms with E-state index in [9.17, 15) is 9.59 Å². The van der Waals surface area contributed by atoms with E-state index in [0.717, 1.165) is 25.3 Å². The molecular formula is C18H26N4O2. The summed E-state index contributed by atoms with van der Waals surface area (Å²) in [5, 5.41) is 6.07. The Hall–Kier alpha value is -1.95. The van der Waals surface area contributed by atoms with Gasteiger partial charge in [-0.25, -0.2) is 0 Å². The maximum absolute atomic E-state index is 12.5. The van der Waals surface area contributed by atoms with Crippen LogP contribution in [0.2, 0.25) is 0 Å². The van der Waals surface area contributed by atoms with E-state index in [2.05, 4.69) is 15.6 Å². The molecule has 6 heteroatoms. The van der Waals surface area contributed by atoms with Crippen LogP contribution in [0.15, 0.2) is 24.4 Å². The lowest BCUT2D eigenvalue weighted by Gasteiger charge is -2.37. The molecular weight excluding hydrogens is 304 g/mol. The summed E-state index contributed by atoms with van der Waals surface area (Å²) in [4.78, 5) is 30.8. The van der Waals surface area contributed by atoms with Gasteiger partial charge in [-0.05, 0) is 30.9 Å². The number of hydrogen-bond acceptors (Lipinski definition) is 4. The van der Waals surface area contributed by atoms with Gasteiger partial charge in [-0.2, -0.15) is 0 Å². The first-order valence-electron chi connectivity index (χ1n) is 8.91. The Morgan fingerprint density at radius 1 is 1.38 bits per heavy atom. The monoisotopic (exact) mass is 330 g/mol. The number of carbonyl (C=O) groups is 2. The van der Waals surface area contributed by atoms with Gasteiger partial charge in [0.15, 0.2) is 0 Å². The molecule has 24 heavy (non-hydrogen) atoms. The summed E-state index contributed by atoms with van der Waals surface area (Å²) in [7, 11) is 0. The summed E-state index contributed by atoms with van der Waals surface area (Å²) in [6.45, 7) is 2.93. The summed E-state index contributed by atoms with van der Waals surface area (Å²) in [5.41, 5.74) is 0.955.